The molecule has 2 rings (SSSR count). The molecule has 1 N–H and O–H groups in total. The largest absolute Gasteiger partial charge is 0.350 e. The lowest BCUT2D eigenvalue weighted by atomic mass is 10.1. The zero-order valence-corrected chi connectivity index (χ0v) is 12.2. The SMILES string of the molecule is CCC(C)NC(=O)c1ccc2c(c1)N(C)C(=O)CS2. The molecule has 0 spiro atoms. The van der Waals surface area contributed by atoms with Crippen LogP contribution in [0.1, 0.15) is 30.6 Å². The Hall–Kier alpha value is -1.49. The van der Waals surface area contributed by atoms with Crippen LogP contribution in [0.3, 0.4) is 0 Å². The minimum absolute atomic E-state index is 0.0667. The van der Waals surface area contributed by atoms with Crippen molar-refractivity contribution in [3.8, 4) is 0 Å². The number of rotatable bonds is 3. The lowest BCUT2D eigenvalue weighted by molar-refractivity contribution is -0.116. The summed E-state index contributed by atoms with van der Waals surface area (Å²) in [4.78, 5) is 26.4. The predicted octanol–water partition coefficient (Wildman–Crippen LogP) is 2.28. The Morgan fingerprint density at radius 2 is 2.26 bits per heavy atom. The number of nitrogens with zero attached hydrogens (tertiary/aromatic N) is 1. The van der Waals surface area contributed by atoms with Crippen LogP contribution in [0.4, 0.5) is 5.69 Å². The van der Waals surface area contributed by atoms with Crippen molar-refractivity contribution in [3.63, 3.8) is 0 Å². The van der Waals surface area contributed by atoms with Gasteiger partial charge in [0.15, 0.2) is 0 Å². The predicted molar refractivity (Wildman–Crippen MR) is 77.8 cm³/mol. The minimum atomic E-state index is -0.0893. The van der Waals surface area contributed by atoms with Gasteiger partial charge in [-0.05, 0) is 31.5 Å². The second kappa shape index (κ2) is 5.65. The highest BCUT2D eigenvalue weighted by Gasteiger charge is 2.22. The number of anilines is 1. The second-order valence-corrected chi connectivity index (χ2v) is 5.72. The Bertz CT molecular complexity index is 516. The molecule has 1 aromatic rings. The van der Waals surface area contributed by atoms with Crippen LogP contribution in [-0.2, 0) is 4.79 Å². The summed E-state index contributed by atoms with van der Waals surface area (Å²) >= 11 is 1.52. The summed E-state index contributed by atoms with van der Waals surface area (Å²) in [5.74, 6) is 0.438. The maximum atomic E-state index is 12.1. The molecule has 1 aliphatic heterocycles. The zero-order valence-electron chi connectivity index (χ0n) is 11.4. The summed E-state index contributed by atoms with van der Waals surface area (Å²) in [6.07, 6.45) is 0.894. The number of hydrogen-bond acceptors (Lipinski definition) is 3. The molecule has 0 radical (unpaired) electrons. The van der Waals surface area contributed by atoms with E-state index in [1.54, 1.807) is 18.0 Å². The van der Waals surface area contributed by atoms with Crippen molar-refractivity contribution in [2.75, 3.05) is 17.7 Å². The van der Waals surface area contributed by atoms with Crippen LogP contribution in [0.25, 0.3) is 0 Å². The van der Waals surface area contributed by atoms with Crippen LogP contribution in [0.5, 0.6) is 0 Å². The summed E-state index contributed by atoms with van der Waals surface area (Å²) in [6, 6.07) is 5.66. The molecule has 1 aliphatic rings. The van der Waals surface area contributed by atoms with Gasteiger partial charge in [0.05, 0.1) is 11.4 Å². The summed E-state index contributed by atoms with van der Waals surface area (Å²) in [5.41, 5.74) is 1.42. The van der Waals surface area contributed by atoms with Gasteiger partial charge in [-0.25, -0.2) is 0 Å². The summed E-state index contributed by atoms with van der Waals surface area (Å²) in [7, 11) is 1.75. The molecule has 0 aliphatic carbocycles. The lowest BCUT2D eigenvalue weighted by Crippen LogP contribution is -2.33. The molecule has 0 saturated heterocycles. The van der Waals surface area contributed by atoms with E-state index < -0.39 is 0 Å². The zero-order chi connectivity index (χ0) is 14.0. The van der Waals surface area contributed by atoms with Crippen LogP contribution in [0.2, 0.25) is 0 Å². The molecule has 5 heteroatoms. The molecule has 0 fully saturated rings. The third-order valence-electron chi connectivity index (χ3n) is 3.30. The van der Waals surface area contributed by atoms with Crippen LogP contribution < -0.4 is 10.2 Å². The van der Waals surface area contributed by atoms with Crippen LogP contribution >= 0.6 is 11.8 Å². The summed E-state index contributed by atoms with van der Waals surface area (Å²) < 4.78 is 0. The molecule has 2 amide bonds. The van der Waals surface area contributed by atoms with Crippen molar-refractivity contribution >= 4 is 29.3 Å². The van der Waals surface area contributed by atoms with Gasteiger partial charge < -0.3 is 10.2 Å². The van der Waals surface area contributed by atoms with E-state index in [4.69, 9.17) is 0 Å². The standard InChI is InChI=1S/C14H18N2O2S/c1-4-9(2)15-14(18)10-5-6-12-11(7-10)16(3)13(17)8-19-12/h5-7,9H,4,8H2,1-3H3,(H,15,18). The molecule has 102 valence electrons. The molecule has 1 atom stereocenters. The molecular weight excluding hydrogens is 260 g/mol. The third-order valence-corrected chi connectivity index (χ3v) is 4.35. The number of benzene rings is 1. The lowest BCUT2D eigenvalue weighted by Gasteiger charge is -2.25. The van der Waals surface area contributed by atoms with Crippen molar-refractivity contribution in [2.45, 2.75) is 31.2 Å². The Morgan fingerprint density at radius 3 is 2.95 bits per heavy atom. The third kappa shape index (κ3) is 2.92. The van der Waals surface area contributed by atoms with Crippen molar-refractivity contribution in [2.24, 2.45) is 0 Å². The number of amides is 2. The minimum Gasteiger partial charge on any atom is -0.350 e. The number of thioether (sulfide) groups is 1. The quantitative estimate of drug-likeness (QED) is 0.923. The van der Waals surface area contributed by atoms with E-state index in [-0.39, 0.29) is 17.9 Å². The fourth-order valence-corrected chi connectivity index (χ4v) is 2.80. The van der Waals surface area contributed by atoms with Crippen molar-refractivity contribution < 1.29 is 9.59 Å². The molecule has 1 unspecified atom stereocenters. The summed E-state index contributed by atoms with van der Waals surface area (Å²) in [5, 5.41) is 2.93. The first-order chi connectivity index (χ1) is 9.02. The fourth-order valence-electron chi connectivity index (χ4n) is 1.82. The Kier molecular flexibility index (Phi) is 4.14. The number of nitrogens with one attached hydrogen (secondary N) is 1. The van der Waals surface area contributed by atoms with E-state index in [9.17, 15) is 9.59 Å². The van der Waals surface area contributed by atoms with Gasteiger partial charge in [-0.3, -0.25) is 9.59 Å². The monoisotopic (exact) mass is 278 g/mol. The molecule has 0 bridgehead atoms. The van der Waals surface area contributed by atoms with Crippen molar-refractivity contribution in [3.05, 3.63) is 23.8 Å². The normalized spacial score (nSPS) is 15.9. The highest BCUT2D eigenvalue weighted by Crippen LogP contribution is 2.35. The van der Waals surface area contributed by atoms with Gasteiger partial charge in [0, 0.05) is 23.5 Å². The number of carbonyl (C=O) groups excluding carboxylic acids is 2. The van der Waals surface area contributed by atoms with Gasteiger partial charge in [0.25, 0.3) is 5.91 Å². The van der Waals surface area contributed by atoms with Gasteiger partial charge >= 0.3 is 0 Å². The maximum Gasteiger partial charge on any atom is 0.251 e. The van der Waals surface area contributed by atoms with E-state index in [0.717, 1.165) is 17.0 Å². The van der Waals surface area contributed by atoms with Crippen LogP contribution in [0, 0.1) is 0 Å². The first-order valence-corrected chi connectivity index (χ1v) is 7.35. The second-order valence-electron chi connectivity index (χ2n) is 4.71. The topological polar surface area (TPSA) is 49.4 Å². The highest BCUT2D eigenvalue weighted by atomic mass is 32.2. The molecule has 0 aromatic heterocycles. The van der Waals surface area contributed by atoms with Gasteiger partial charge in [-0.1, -0.05) is 6.92 Å². The summed E-state index contributed by atoms with van der Waals surface area (Å²) in [6.45, 7) is 4.00. The Morgan fingerprint density at radius 1 is 1.53 bits per heavy atom. The van der Waals surface area contributed by atoms with Crippen molar-refractivity contribution in [1.29, 1.82) is 0 Å². The van der Waals surface area contributed by atoms with E-state index in [1.165, 1.54) is 11.8 Å². The number of fused-ring (bicyclic) bond motifs is 1. The van der Waals surface area contributed by atoms with Crippen LogP contribution in [0.15, 0.2) is 23.1 Å². The Balaban J connectivity index is 2.25. The molecular formula is C14H18N2O2S. The number of carbonyl (C=O) groups is 2. The average Bonchev–Trinajstić information content (AvgIpc) is 2.42. The molecule has 19 heavy (non-hydrogen) atoms. The average molecular weight is 278 g/mol. The smallest absolute Gasteiger partial charge is 0.251 e. The molecule has 0 saturated carbocycles. The van der Waals surface area contributed by atoms with Crippen LogP contribution in [-0.4, -0.2) is 30.7 Å². The first kappa shape index (κ1) is 13.9. The Labute approximate surface area is 117 Å². The van der Waals surface area contributed by atoms with E-state index in [2.05, 4.69) is 5.32 Å². The van der Waals surface area contributed by atoms with Crippen molar-refractivity contribution in [1.82, 2.24) is 5.32 Å². The molecule has 4 nitrogen and oxygen atoms in total. The molecule has 1 heterocycles. The number of hydrogen-bond donors (Lipinski definition) is 1. The first-order valence-electron chi connectivity index (χ1n) is 6.37. The van der Waals surface area contributed by atoms with E-state index in [0.29, 0.717) is 11.3 Å². The molecule has 1 aromatic carbocycles. The maximum absolute atomic E-state index is 12.1. The fraction of sp³-hybridized carbons (Fsp3) is 0.429. The van der Waals surface area contributed by atoms with E-state index >= 15 is 0 Å². The highest BCUT2D eigenvalue weighted by molar-refractivity contribution is 8.00. The van der Waals surface area contributed by atoms with Gasteiger partial charge in [0.2, 0.25) is 5.91 Å². The van der Waals surface area contributed by atoms with Gasteiger partial charge in [-0.2, -0.15) is 0 Å². The van der Waals surface area contributed by atoms with E-state index in [1.807, 2.05) is 26.0 Å². The van der Waals surface area contributed by atoms with Gasteiger partial charge in [-0.15, -0.1) is 11.8 Å². The van der Waals surface area contributed by atoms with Gasteiger partial charge in [0.1, 0.15) is 0 Å².